The van der Waals surface area contributed by atoms with Crippen molar-refractivity contribution in [3.05, 3.63) is 126 Å². The van der Waals surface area contributed by atoms with E-state index in [0.29, 0.717) is 69.9 Å². The van der Waals surface area contributed by atoms with Crippen LogP contribution < -0.4 is 70.4 Å². The minimum absolute atomic E-state index is 0.000412. The van der Waals surface area contributed by atoms with Crippen LogP contribution in [0.1, 0.15) is 167 Å². The number of carbonyl (C=O) groups is 17. The Morgan fingerprint density at radius 2 is 1.14 bits per heavy atom. The maximum atomic E-state index is 15.7. The van der Waals surface area contributed by atoms with Gasteiger partial charge in [0.25, 0.3) is 0 Å². The smallest absolute Gasteiger partial charge is 0.246 e. The molecule has 0 bridgehead atoms. The lowest BCUT2D eigenvalue weighted by Crippen LogP contribution is -2.61. The lowest BCUT2D eigenvalue weighted by Gasteiger charge is -2.36. The van der Waals surface area contributed by atoms with Crippen molar-refractivity contribution in [3.8, 4) is 0 Å². The Kier molecular flexibility index (Phi) is 40.9. The second-order valence-electron chi connectivity index (χ2n) is 36.4. The molecule has 21 N–H and O–H groups in total. The topological polar surface area (TPSA) is 609 Å². The molecule has 41 nitrogen and oxygen atoms in total. The minimum Gasteiger partial charge on any atom is -0.394 e. The van der Waals surface area contributed by atoms with Gasteiger partial charge in [-0.3, -0.25) is 86.9 Å². The zero-order valence-electron chi connectivity index (χ0n) is 79.5. The van der Waals surface area contributed by atoms with Crippen molar-refractivity contribution < 1.29 is 86.6 Å². The van der Waals surface area contributed by atoms with E-state index in [4.69, 9.17) is 22.6 Å². The first kappa shape index (κ1) is 108. The highest BCUT2D eigenvalue weighted by atomic mass is 32.2. The summed E-state index contributed by atoms with van der Waals surface area (Å²) in [6.45, 7) is 12.1. The number of H-pyrrole nitrogens is 3. The van der Waals surface area contributed by atoms with E-state index in [1.807, 2.05) is 46.8 Å². The predicted octanol–water partition coefficient (Wildman–Crippen LogP) is 0.250. The van der Waals surface area contributed by atoms with Crippen LogP contribution >= 0.6 is 11.8 Å². The van der Waals surface area contributed by atoms with Gasteiger partial charge in [-0.25, -0.2) is 4.98 Å². The second-order valence-corrected chi connectivity index (χ2v) is 37.5. The zero-order valence-corrected chi connectivity index (χ0v) is 80.3. The van der Waals surface area contributed by atoms with Gasteiger partial charge < -0.3 is 115 Å². The second kappa shape index (κ2) is 51.4. The van der Waals surface area contributed by atoms with Gasteiger partial charge in [-0.05, 0) is 104 Å². The highest BCUT2D eigenvalue weighted by molar-refractivity contribution is 8.00. The predicted molar refractivity (Wildman–Crippen MR) is 510 cm³/mol. The number of carbonyl (C=O) groups excluding carboxylic acids is 17. The molecule has 136 heavy (non-hydrogen) atoms. The largest absolute Gasteiger partial charge is 0.394 e. The van der Waals surface area contributed by atoms with Crippen LogP contribution in [-0.4, -0.2) is 301 Å². The van der Waals surface area contributed by atoms with Crippen LogP contribution in [0.15, 0.2) is 97.7 Å². The number of amides is 16. The van der Waals surface area contributed by atoms with Crippen molar-refractivity contribution in [2.75, 3.05) is 72.5 Å². The molecule has 0 saturated carbocycles. The van der Waals surface area contributed by atoms with Gasteiger partial charge in [0.1, 0.15) is 72.5 Å². The summed E-state index contributed by atoms with van der Waals surface area (Å²) in [5.74, 6) is -17.9. The first-order valence-corrected chi connectivity index (χ1v) is 47.2. The Morgan fingerprint density at radius 1 is 0.574 bits per heavy atom. The SMILES string of the molecule is CCCC[C@H]1C(=O)N(C)[C@@H](CCCC)C(=O)N[C@@H](CCCNC(=N)N)C(=O)N[C@H](C(=O)NCC(N)=O)CSCC(=O)N[C@@H](Cc2ccc(C(C)(C)C)cc2)C(=O)N(C)[C@@H](C)C(=O)N[C@@H](CC(N)=O)C(=O)N2CCC[C@H]2C(=O)N[C@@H](Cc2cnc[nH]2)C(=O)N[C@@H](CC(C)C)C(=O)N(C)CC(=O)C[C@@H](Cc2c[nH]c3ccccc23)C(=O)N[C@@H](CO)C(=O)N[C@@H](Cc2c[nH]c3ccccc23)C(=O)N1C. The summed E-state index contributed by atoms with van der Waals surface area (Å²) in [7, 11) is 5.32. The monoisotopic (exact) mass is 1910 g/mol. The molecule has 0 spiro atoms. The van der Waals surface area contributed by atoms with Crippen molar-refractivity contribution in [3.63, 3.8) is 0 Å². The molecule has 2 saturated heterocycles. The number of fused-ring (bicyclic) bond motifs is 3. The van der Waals surface area contributed by atoms with Gasteiger partial charge in [0.05, 0.1) is 38.2 Å². The summed E-state index contributed by atoms with van der Waals surface area (Å²) in [5, 5.41) is 47.1. The number of aromatic nitrogens is 4. The van der Waals surface area contributed by atoms with E-state index >= 15 is 33.6 Å². The molecule has 42 heteroatoms. The fraction of sp³-hybridized carbons (Fsp3) is 0.543. The number of benzene rings is 3. The number of ketones is 1. The molecule has 3 aromatic heterocycles. The van der Waals surface area contributed by atoms with E-state index in [9.17, 15) is 53.1 Å². The van der Waals surface area contributed by atoms with Gasteiger partial charge in [-0.15, -0.1) is 11.8 Å². The average molecular weight is 1910 g/mol. The van der Waals surface area contributed by atoms with Crippen LogP contribution in [-0.2, 0) is 113 Å². The van der Waals surface area contributed by atoms with Crippen molar-refractivity contribution >= 4 is 140 Å². The molecule has 0 radical (unpaired) electrons. The summed E-state index contributed by atoms with van der Waals surface area (Å²) < 4.78 is 0. The van der Waals surface area contributed by atoms with Crippen LogP contribution in [0.5, 0.6) is 0 Å². The molecular weight excluding hydrogens is 1770 g/mol. The average Bonchev–Trinajstić information content (AvgIpc) is 1.35. The molecule has 2 aliphatic rings. The summed E-state index contributed by atoms with van der Waals surface area (Å²) in [6, 6.07) is 3.45. The Morgan fingerprint density at radius 3 is 1.74 bits per heavy atom. The number of thioether (sulfide) groups is 1. The number of guanidine groups is 1. The molecule has 2 aliphatic heterocycles. The normalized spacial score (nSPS) is 23.4. The van der Waals surface area contributed by atoms with Crippen LogP contribution in [0.2, 0.25) is 0 Å². The van der Waals surface area contributed by atoms with E-state index in [1.54, 1.807) is 86.9 Å². The lowest BCUT2D eigenvalue weighted by molar-refractivity contribution is -0.149. The van der Waals surface area contributed by atoms with Crippen molar-refractivity contribution in [2.45, 2.75) is 242 Å². The molecule has 13 atom stereocenters. The molecule has 0 unspecified atom stereocenters. The maximum Gasteiger partial charge on any atom is 0.246 e. The van der Waals surface area contributed by atoms with Crippen LogP contribution in [0, 0.1) is 17.2 Å². The van der Waals surface area contributed by atoms with Crippen LogP contribution in [0.25, 0.3) is 21.8 Å². The summed E-state index contributed by atoms with van der Waals surface area (Å²) >= 11 is 0.802. The number of likely N-dealkylation sites (N-methyl/N-ethyl adjacent to an activating group) is 4. The molecular formula is C94H135N23O18S. The van der Waals surface area contributed by atoms with Crippen molar-refractivity contribution in [2.24, 2.45) is 29.0 Å². The van der Waals surface area contributed by atoms with Crippen molar-refractivity contribution in [1.82, 2.24) is 97.6 Å². The van der Waals surface area contributed by atoms with E-state index in [2.05, 4.69) is 73.1 Å². The molecule has 5 heterocycles. The Bertz CT molecular complexity index is 5210. The third-order valence-electron chi connectivity index (χ3n) is 24.4. The fourth-order valence-corrected chi connectivity index (χ4v) is 17.4. The third kappa shape index (κ3) is 31.1. The number of aliphatic hydroxyl groups is 1. The number of aliphatic hydroxyl groups excluding tert-OH is 1. The highest BCUT2D eigenvalue weighted by Crippen LogP contribution is 2.29. The number of nitrogens with zero attached hydrogens (tertiary/aromatic N) is 6. The van der Waals surface area contributed by atoms with Gasteiger partial charge >= 0.3 is 0 Å². The number of hydrogen-bond acceptors (Lipinski definition) is 21. The Balaban J connectivity index is 1.19. The molecule has 3 aromatic carbocycles. The molecule has 740 valence electrons. The van der Waals surface area contributed by atoms with Gasteiger partial charge in [-0.2, -0.15) is 0 Å². The minimum atomic E-state index is -1.81. The van der Waals surface area contributed by atoms with Crippen LogP contribution in [0.4, 0.5) is 0 Å². The molecule has 2 fully saturated rings. The number of imidazole rings is 1. The zero-order chi connectivity index (χ0) is 99.9. The summed E-state index contributed by atoms with van der Waals surface area (Å²) in [4.78, 5) is 269. The van der Waals surface area contributed by atoms with Crippen LogP contribution in [0.3, 0.4) is 0 Å². The number of para-hydroxylation sites is 2. The number of unbranched alkanes of at least 4 members (excludes halogenated alkanes) is 2. The number of aromatic amines is 3. The quantitative estimate of drug-likeness (QED) is 0.0197. The summed E-state index contributed by atoms with van der Waals surface area (Å²) in [6.07, 6.45) is 5.67. The molecule has 6 aromatic rings. The standard InChI is InChI=1S/C94H135N23O18S/c1-13-15-28-74-86(129)106-66(27-21-35-100-93(97)98)83(126)112-73(82(125)103-47-78(96)121)50-136-51-79(122)105-69(38-55-31-33-59(34-32-55)94(6,7)8)89(132)114(10)54(5)80(123)108-71(43-77(95)120)91(134)117-36-22-30-75(117)87(130)107-67(42-60-46-99-52-104-60)84(127)109-68(37-53(3)4)88(131)113(9)48-61(119)40-56(39-57-44-101-64-25-19-17-23-62(57)64)81(124)111-72(49-118)85(128)110-70(41-58-45-102-65-26-20-18-24-63(58)65)90(133)116(12)76(29-16-14-2)92(135)115(74)11/h17-20,23-26,31-34,44-46,52-54,56,66-76,101-102,118H,13-16,21-22,27-30,35-43,47-51H2,1-12H3,(H2,95,120)(H2,96,121)(H,99,104)(H,103,125)(H,105,122)(H,106,129)(H,107,130)(H,108,123)(H,109,127)(H,110,128)(H,111,124)(H,112,126)(H4,97,98,100)/t54-,56+,66-,67-,68-,69-,70-,71-,72-,73-,74-,75-,76-/m0/s1. The highest BCUT2D eigenvalue weighted by Gasteiger charge is 2.44. The summed E-state index contributed by atoms with van der Waals surface area (Å²) in [5.41, 5.74) is 20.9. The van der Waals surface area contributed by atoms with E-state index < -0.39 is 229 Å². The Labute approximate surface area is 795 Å². The van der Waals surface area contributed by atoms with Gasteiger partial charge in [0, 0.05) is 125 Å². The van der Waals surface area contributed by atoms with Gasteiger partial charge in [-0.1, -0.05) is 135 Å². The van der Waals surface area contributed by atoms with Crippen molar-refractivity contribution in [1.29, 1.82) is 5.41 Å². The molecule has 16 amide bonds. The Hall–Kier alpha value is -13.3. The van der Waals surface area contributed by atoms with Gasteiger partial charge in [0.2, 0.25) is 94.5 Å². The fourth-order valence-electron chi connectivity index (χ4n) is 16.6. The number of primary amides is 2. The third-order valence-corrected chi connectivity index (χ3v) is 25.4. The van der Waals surface area contributed by atoms with Gasteiger partial charge in [0.15, 0.2) is 11.7 Å². The number of nitrogens with one attached hydrogen (secondary N) is 14. The van der Waals surface area contributed by atoms with E-state index in [0.717, 1.165) is 36.9 Å². The number of hydrogen-bond donors (Lipinski definition) is 18. The number of Topliss-reactive ketones (excluding diaryl/α,β-unsaturated/α-hetero) is 1. The maximum absolute atomic E-state index is 15.7. The van der Waals surface area contributed by atoms with E-state index in [-0.39, 0.29) is 95.1 Å². The van der Waals surface area contributed by atoms with E-state index in [1.165, 1.54) is 52.5 Å². The lowest BCUT2D eigenvalue weighted by atomic mass is 9.86. The molecule has 0 aliphatic carbocycles. The number of nitrogens with two attached hydrogens (primary N) is 3. The number of rotatable bonds is 26. The first-order chi connectivity index (χ1) is 64.5. The first-order valence-electron chi connectivity index (χ1n) is 46.1. The molecule has 8 rings (SSSR count).